The van der Waals surface area contributed by atoms with E-state index in [0.717, 1.165) is 5.56 Å². The van der Waals surface area contributed by atoms with Crippen LogP contribution in [-0.2, 0) is 12.0 Å². The first kappa shape index (κ1) is 22.1. The predicted molar refractivity (Wildman–Crippen MR) is 119 cm³/mol. The maximum absolute atomic E-state index is 6.01. The van der Waals surface area contributed by atoms with Crippen LogP contribution < -0.4 is 20.5 Å². The van der Waals surface area contributed by atoms with Crippen LogP contribution in [0.1, 0.15) is 31.9 Å². The molecule has 0 amide bonds. The number of nitrogens with one attached hydrogen (secondary N) is 1. The van der Waals surface area contributed by atoms with E-state index < -0.39 is 0 Å². The van der Waals surface area contributed by atoms with Crippen LogP contribution in [0.25, 0.3) is 0 Å². The van der Waals surface area contributed by atoms with E-state index >= 15 is 0 Å². The van der Waals surface area contributed by atoms with Crippen molar-refractivity contribution in [1.82, 2.24) is 0 Å². The zero-order chi connectivity index (χ0) is 18.4. The number of benzene rings is 2. The van der Waals surface area contributed by atoms with Crippen LogP contribution in [0.2, 0.25) is 0 Å². The number of hydrogen-bond acceptors (Lipinski definition) is 3. The van der Waals surface area contributed by atoms with Crippen LogP contribution in [0.15, 0.2) is 47.5 Å². The molecular formula is C20H28IN3O2. The summed E-state index contributed by atoms with van der Waals surface area (Å²) in [4.78, 5) is 4.40. The molecule has 0 atom stereocenters. The van der Waals surface area contributed by atoms with Crippen LogP contribution in [0, 0.1) is 0 Å². The van der Waals surface area contributed by atoms with E-state index in [2.05, 4.69) is 55.3 Å². The van der Waals surface area contributed by atoms with Gasteiger partial charge in [-0.05, 0) is 28.7 Å². The van der Waals surface area contributed by atoms with Crippen molar-refractivity contribution >= 4 is 35.6 Å². The molecule has 142 valence electrons. The van der Waals surface area contributed by atoms with Crippen LogP contribution in [-0.4, -0.2) is 20.2 Å². The van der Waals surface area contributed by atoms with Gasteiger partial charge in [-0.3, -0.25) is 0 Å². The molecule has 0 aromatic heterocycles. The molecule has 0 radical (unpaired) electrons. The van der Waals surface area contributed by atoms with Crippen molar-refractivity contribution in [3.05, 3.63) is 53.6 Å². The Morgan fingerprint density at radius 3 is 2.23 bits per heavy atom. The fourth-order valence-electron chi connectivity index (χ4n) is 2.38. The van der Waals surface area contributed by atoms with Gasteiger partial charge in [0.2, 0.25) is 0 Å². The minimum Gasteiger partial charge on any atom is -0.497 e. The molecular weight excluding hydrogens is 441 g/mol. The van der Waals surface area contributed by atoms with Gasteiger partial charge >= 0.3 is 0 Å². The lowest BCUT2D eigenvalue weighted by molar-refractivity contribution is 0.405. The maximum Gasteiger partial charge on any atom is 0.193 e. The molecule has 0 aliphatic rings. The summed E-state index contributed by atoms with van der Waals surface area (Å²) in [5, 5.41) is 3.06. The van der Waals surface area contributed by atoms with Gasteiger partial charge in [0.15, 0.2) is 5.96 Å². The highest BCUT2D eigenvalue weighted by Crippen LogP contribution is 2.28. The Morgan fingerprint density at radius 2 is 1.69 bits per heavy atom. The highest BCUT2D eigenvalue weighted by molar-refractivity contribution is 14.0. The third-order valence-electron chi connectivity index (χ3n) is 3.92. The third kappa shape index (κ3) is 6.09. The fraction of sp³-hybridized carbons (Fsp3) is 0.350. The van der Waals surface area contributed by atoms with Gasteiger partial charge in [-0.1, -0.05) is 45.0 Å². The second-order valence-corrected chi connectivity index (χ2v) is 6.84. The molecule has 0 fully saturated rings. The van der Waals surface area contributed by atoms with Crippen LogP contribution in [0.3, 0.4) is 0 Å². The maximum atomic E-state index is 6.01. The molecule has 0 unspecified atom stereocenters. The SMILES string of the molecule is COc1ccc(OC)c(NC(N)=NCc2ccc(C(C)(C)C)cc2)c1.I. The molecule has 0 bridgehead atoms. The summed E-state index contributed by atoms with van der Waals surface area (Å²) in [5.41, 5.74) is 9.27. The lowest BCUT2D eigenvalue weighted by atomic mass is 9.87. The molecule has 0 aliphatic heterocycles. The van der Waals surface area contributed by atoms with Crippen molar-refractivity contribution in [3.63, 3.8) is 0 Å². The van der Waals surface area contributed by atoms with Crippen LogP contribution in [0.5, 0.6) is 11.5 Å². The summed E-state index contributed by atoms with van der Waals surface area (Å²) >= 11 is 0. The molecule has 3 N–H and O–H groups in total. The molecule has 5 nitrogen and oxygen atoms in total. The second-order valence-electron chi connectivity index (χ2n) is 6.84. The molecule has 0 spiro atoms. The summed E-state index contributed by atoms with van der Waals surface area (Å²) < 4.78 is 10.6. The Labute approximate surface area is 173 Å². The minimum atomic E-state index is 0. The number of ether oxygens (including phenoxy) is 2. The van der Waals surface area contributed by atoms with Gasteiger partial charge in [0, 0.05) is 6.07 Å². The normalized spacial score (nSPS) is 11.5. The standard InChI is InChI=1S/C20H27N3O2.HI/c1-20(2,3)15-8-6-14(7-9-15)13-22-19(21)23-17-12-16(24-4)10-11-18(17)25-5;/h6-12H,13H2,1-5H3,(H3,21,22,23);1H. The molecule has 0 aliphatic carbocycles. The highest BCUT2D eigenvalue weighted by Gasteiger charge is 2.12. The highest BCUT2D eigenvalue weighted by atomic mass is 127. The van der Waals surface area contributed by atoms with Crippen molar-refractivity contribution in [2.24, 2.45) is 10.7 Å². The average molecular weight is 469 g/mol. The van der Waals surface area contributed by atoms with E-state index in [1.165, 1.54) is 5.56 Å². The van der Waals surface area contributed by atoms with Gasteiger partial charge in [-0.25, -0.2) is 4.99 Å². The smallest absolute Gasteiger partial charge is 0.193 e. The summed E-state index contributed by atoms with van der Waals surface area (Å²) in [5.74, 6) is 1.72. The number of nitrogens with zero attached hydrogens (tertiary/aromatic N) is 1. The Hall–Kier alpha value is -1.96. The monoisotopic (exact) mass is 469 g/mol. The number of rotatable bonds is 5. The number of anilines is 1. The number of aliphatic imine (C=N–C) groups is 1. The second kappa shape index (κ2) is 9.66. The molecule has 0 heterocycles. The minimum absolute atomic E-state index is 0. The predicted octanol–water partition coefficient (Wildman–Crippen LogP) is 4.55. The number of methoxy groups -OCH3 is 2. The molecule has 2 aromatic rings. The van der Waals surface area contributed by atoms with Gasteiger partial charge in [-0.2, -0.15) is 0 Å². The first-order chi connectivity index (χ1) is 11.8. The van der Waals surface area contributed by atoms with Crippen molar-refractivity contribution in [2.45, 2.75) is 32.7 Å². The van der Waals surface area contributed by atoms with Crippen molar-refractivity contribution < 1.29 is 9.47 Å². The number of hydrogen-bond donors (Lipinski definition) is 2. The van der Waals surface area contributed by atoms with Gasteiger partial charge in [0.25, 0.3) is 0 Å². The average Bonchev–Trinajstić information content (AvgIpc) is 2.59. The van der Waals surface area contributed by atoms with Gasteiger partial charge < -0.3 is 20.5 Å². The van der Waals surface area contributed by atoms with E-state index in [1.54, 1.807) is 14.2 Å². The lowest BCUT2D eigenvalue weighted by Gasteiger charge is -2.19. The van der Waals surface area contributed by atoms with Crippen LogP contribution >= 0.6 is 24.0 Å². The number of nitrogens with two attached hydrogens (primary N) is 1. The van der Waals surface area contributed by atoms with E-state index in [4.69, 9.17) is 15.2 Å². The molecule has 0 saturated heterocycles. The Morgan fingerprint density at radius 1 is 1.04 bits per heavy atom. The van der Waals surface area contributed by atoms with Crippen molar-refractivity contribution in [1.29, 1.82) is 0 Å². The van der Waals surface area contributed by atoms with Gasteiger partial charge in [0.1, 0.15) is 11.5 Å². The Bertz CT molecular complexity index is 738. The lowest BCUT2D eigenvalue weighted by Crippen LogP contribution is -2.23. The van der Waals surface area contributed by atoms with E-state index in [0.29, 0.717) is 29.7 Å². The van der Waals surface area contributed by atoms with Gasteiger partial charge in [0.05, 0.1) is 26.5 Å². The molecule has 26 heavy (non-hydrogen) atoms. The first-order valence-corrected chi connectivity index (χ1v) is 8.22. The Balaban J connectivity index is 0.00000338. The van der Waals surface area contributed by atoms with Crippen molar-refractivity contribution in [3.8, 4) is 11.5 Å². The molecule has 0 saturated carbocycles. The Kier molecular flexibility index (Phi) is 8.20. The molecule has 6 heteroatoms. The van der Waals surface area contributed by atoms with E-state index in [1.807, 2.05) is 18.2 Å². The summed E-state index contributed by atoms with van der Waals surface area (Å²) in [6.07, 6.45) is 0. The number of halogens is 1. The third-order valence-corrected chi connectivity index (χ3v) is 3.92. The summed E-state index contributed by atoms with van der Waals surface area (Å²) in [6.45, 7) is 7.10. The van der Waals surface area contributed by atoms with E-state index in [9.17, 15) is 0 Å². The van der Waals surface area contributed by atoms with Gasteiger partial charge in [-0.15, -0.1) is 24.0 Å². The van der Waals surface area contributed by atoms with Crippen molar-refractivity contribution in [2.75, 3.05) is 19.5 Å². The largest absolute Gasteiger partial charge is 0.497 e. The zero-order valence-corrected chi connectivity index (χ0v) is 18.3. The molecule has 2 aromatic carbocycles. The molecule has 2 rings (SSSR count). The topological polar surface area (TPSA) is 68.9 Å². The van der Waals surface area contributed by atoms with Crippen LogP contribution in [0.4, 0.5) is 5.69 Å². The van der Waals surface area contributed by atoms with E-state index in [-0.39, 0.29) is 29.4 Å². The quantitative estimate of drug-likeness (QED) is 0.383. The zero-order valence-electron chi connectivity index (χ0n) is 16.0. The first-order valence-electron chi connectivity index (χ1n) is 8.22. The summed E-state index contributed by atoms with van der Waals surface area (Å²) in [6, 6.07) is 13.9. The fourth-order valence-corrected chi connectivity index (χ4v) is 2.38. The summed E-state index contributed by atoms with van der Waals surface area (Å²) in [7, 11) is 3.22. The number of guanidine groups is 1.